The van der Waals surface area contributed by atoms with Crippen LogP contribution in [-0.2, 0) is 0 Å². The summed E-state index contributed by atoms with van der Waals surface area (Å²) in [6, 6.07) is 0. The molecule has 0 aliphatic heterocycles. The molecule has 0 radical (unpaired) electrons. The second kappa shape index (κ2) is 13.6. The van der Waals surface area contributed by atoms with Crippen LogP contribution in [0.15, 0.2) is 24.3 Å². The van der Waals surface area contributed by atoms with Gasteiger partial charge in [-0.25, -0.2) is 0 Å². The van der Waals surface area contributed by atoms with E-state index in [-0.39, 0.29) is 0 Å². The molecule has 0 N–H and O–H groups in total. The SMILES string of the molecule is CCCC=C[C@H]1CC[C@H](CCC=C[C@H]2CC[C@H](CCCCC)CC2)CC1. The van der Waals surface area contributed by atoms with Crippen LogP contribution in [-0.4, -0.2) is 0 Å². The molecule has 0 heterocycles. The molecule has 150 valence electrons. The molecular formula is C26H46. The van der Waals surface area contributed by atoms with Crippen molar-refractivity contribution in [2.75, 3.05) is 0 Å². The van der Waals surface area contributed by atoms with E-state index in [1.807, 2.05) is 0 Å². The van der Waals surface area contributed by atoms with Crippen molar-refractivity contribution in [1.82, 2.24) is 0 Å². The van der Waals surface area contributed by atoms with Crippen LogP contribution in [0.3, 0.4) is 0 Å². The molecule has 0 bridgehead atoms. The Balaban J connectivity index is 1.51. The zero-order valence-electron chi connectivity index (χ0n) is 17.9. The Morgan fingerprint density at radius 2 is 1.12 bits per heavy atom. The molecule has 0 aromatic carbocycles. The highest BCUT2D eigenvalue weighted by Gasteiger charge is 2.20. The van der Waals surface area contributed by atoms with Gasteiger partial charge in [0.05, 0.1) is 0 Å². The van der Waals surface area contributed by atoms with E-state index >= 15 is 0 Å². The Kier molecular flexibility index (Phi) is 11.4. The molecule has 0 aromatic heterocycles. The van der Waals surface area contributed by atoms with Crippen LogP contribution in [0.1, 0.15) is 117 Å². The van der Waals surface area contributed by atoms with E-state index in [1.165, 1.54) is 103 Å². The van der Waals surface area contributed by atoms with Gasteiger partial charge in [0.15, 0.2) is 0 Å². The number of hydrogen-bond acceptors (Lipinski definition) is 0. The molecule has 0 spiro atoms. The molecule has 0 amide bonds. The third kappa shape index (κ3) is 8.92. The van der Waals surface area contributed by atoms with Crippen LogP contribution in [0.5, 0.6) is 0 Å². The van der Waals surface area contributed by atoms with Gasteiger partial charge in [0, 0.05) is 0 Å². The van der Waals surface area contributed by atoms with E-state index in [4.69, 9.17) is 0 Å². The lowest BCUT2D eigenvalue weighted by molar-refractivity contribution is 0.287. The molecule has 0 nitrogen and oxygen atoms in total. The van der Waals surface area contributed by atoms with Crippen LogP contribution in [0, 0.1) is 23.7 Å². The minimum absolute atomic E-state index is 0.890. The van der Waals surface area contributed by atoms with Gasteiger partial charge in [0.2, 0.25) is 0 Å². The Morgan fingerprint density at radius 1 is 0.577 bits per heavy atom. The summed E-state index contributed by atoms with van der Waals surface area (Å²) in [4.78, 5) is 0. The quantitative estimate of drug-likeness (QED) is 0.255. The summed E-state index contributed by atoms with van der Waals surface area (Å²) in [6.07, 6.45) is 32.9. The maximum absolute atomic E-state index is 2.58. The average molecular weight is 359 g/mol. The normalized spacial score (nSPS) is 30.4. The van der Waals surface area contributed by atoms with Crippen molar-refractivity contribution in [3.8, 4) is 0 Å². The first-order chi connectivity index (χ1) is 12.8. The maximum Gasteiger partial charge on any atom is -0.0233 e. The van der Waals surface area contributed by atoms with Crippen molar-refractivity contribution < 1.29 is 0 Å². The standard InChI is InChI=1S/C26H46/c1-3-5-7-11-23-15-19-25(20-16-23)13-9-10-14-26-21-17-24(18-22-26)12-8-6-4-2/h7,10-11,14,23-26H,3-6,8-9,12-13,15-22H2,1-2H3/t23-,24-,25-,26-. The summed E-state index contributed by atoms with van der Waals surface area (Å²) in [5.41, 5.74) is 0. The van der Waals surface area contributed by atoms with Gasteiger partial charge in [-0.1, -0.05) is 70.3 Å². The second-order valence-electron chi connectivity index (χ2n) is 9.28. The Bertz CT molecular complexity index is 375. The third-order valence-electron chi connectivity index (χ3n) is 7.01. The summed E-state index contributed by atoms with van der Waals surface area (Å²) >= 11 is 0. The molecule has 2 fully saturated rings. The van der Waals surface area contributed by atoms with E-state index in [0.29, 0.717) is 0 Å². The first-order valence-corrected chi connectivity index (χ1v) is 12.1. The van der Waals surface area contributed by atoms with Crippen LogP contribution >= 0.6 is 0 Å². The topological polar surface area (TPSA) is 0 Å². The second-order valence-corrected chi connectivity index (χ2v) is 9.28. The van der Waals surface area contributed by atoms with Gasteiger partial charge >= 0.3 is 0 Å². The Hall–Kier alpha value is -0.520. The first kappa shape index (κ1) is 21.8. The highest BCUT2D eigenvalue weighted by Crippen LogP contribution is 2.34. The molecule has 0 saturated heterocycles. The highest BCUT2D eigenvalue weighted by molar-refractivity contribution is 4.93. The van der Waals surface area contributed by atoms with Gasteiger partial charge in [-0.15, -0.1) is 0 Å². The zero-order chi connectivity index (χ0) is 18.5. The highest BCUT2D eigenvalue weighted by atomic mass is 14.3. The first-order valence-electron chi connectivity index (χ1n) is 12.1. The van der Waals surface area contributed by atoms with Crippen molar-refractivity contribution in [2.45, 2.75) is 117 Å². The van der Waals surface area contributed by atoms with Gasteiger partial charge in [-0.2, -0.15) is 0 Å². The summed E-state index contributed by atoms with van der Waals surface area (Å²) in [5, 5.41) is 0. The predicted molar refractivity (Wildman–Crippen MR) is 117 cm³/mol. The molecule has 2 saturated carbocycles. The zero-order valence-corrected chi connectivity index (χ0v) is 17.9. The Morgan fingerprint density at radius 3 is 1.65 bits per heavy atom. The minimum Gasteiger partial charge on any atom is -0.0883 e. The van der Waals surface area contributed by atoms with Crippen LogP contribution in [0.2, 0.25) is 0 Å². The smallest absolute Gasteiger partial charge is 0.0233 e. The van der Waals surface area contributed by atoms with Gasteiger partial charge in [-0.05, 0) is 94.3 Å². The lowest BCUT2D eigenvalue weighted by atomic mass is 9.79. The summed E-state index contributed by atoms with van der Waals surface area (Å²) < 4.78 is 0. The molecule has 0 aromatic rings. The average Bonchev–Trinajstić information content (AvgIpc) is 2.68. The molecule has 2 aliphatic carbocycles. The molecule has 2 aliphatic rings. The summed E-state index contributed by atoms with van der Waals surface area (Å²) in [5.74, 6) is 3.84. The van der Waals surface area contributed by atoms with Crippen molar-refractivity contribution in [3.63, 3.8) is 0 Å². The fourth-order valence-electron chi connectivity index (χ4n) is 5.10. The predicted octanol–water partition coefficient (Wildman–Crippen LogP) is 8.87. The molecule has 0 heteroatoms. The van der Waals surface area contributed by atoms with E-state index < -0.39 is 0 Å². The van der Waals surface area contributed by atoms with Crippen LogP contribution < -0.4 is 0 Å². The van der Waals surface area contributed by atoms with E-state index in [2.05, 4.69) is 38.2 Å². The fourth-order valence-corrected chi connectivity index (χ4v) is 5.10. The minimum atomic E-state index is 0.890. The van der Waals surface area contributed by atoms with Crippen molar-refractivity contribution in [2.24, 2.45) is 23.7 Å². The molecule has 0 atom stereocenters. The van der Waals surface area contributed by atoms with Crippen molar-refractivity contribution in [3.05, 3.63) is 24.3 Å². The molecule has 26 heavy (non-hydrogen) atoms. The lowest BCUT2D eigenvalue weighted by Gasteiger charge is -2.27. The number of allylic oxidation sites excluding steroid dienone is 4. The monoisotopic (exact) mass is 358 g/mol. The summed E-state index contributed by atoms with van der Waals surface area (Å²) in [6.45, 7) is 4.59. The number of hydrogen-bond donors (Lipinski definition) is 0. The van der Waals surface area contributed by atoms with E-state index in [0.717, 1.165) is 23.7 Å². The van der Waals surface area contributed by atoms with Crippen molar-refractivity contribution in [1.29, 1.82) is 0 Å². The largest absolute Gasteiger partial charge is 0.0883 e. The van der Waals surface area contributed by atoms with E-state index in [9.17, 15) is 0 Å². The Labute approximate surface area is 164 Å². The van der Waals surface area contributed by atoms with Gasteiger partial charge in [-0.3, -0.25) is 0 Å². The van der Waals surface area contributed by atoms with Gasteiger partial charge in [0.25, 0.3) is 0 Å². The lowest BCUT2D eigenvalue weighted by Crippen LogP contribution is -2.13. The number of unbranched alkanes of at least 4 members (excludes halogenated alkanes) is 3. The third-order valence-corrected chi connectivity index (χ3v) is 7.01. The van der Waals surface area contributed by atoms with Crippen LogP contribution in [0.25, 0.3) is 0 Å². The summed E-state index contributed by atoms with van der Waals surface area (Å²) in [7, 11) is 0. The van der Waals surface area contributed by atoms with Gasteiger partial charge < -0.3 is 0 Å². The molecule has 2 rings (SSSR count). The van der Waals surface area contributed by atoms with Crippen molar-refractivity contribution >= 4 is 0 Å². The van der Waals surface area contributed by atoms with Crippen LogP contribution in [0.4, 0.5) is 0 Å². The number of rotatable bonds is 11. The molecule has 0 unspecified atom stereocenters. The molecular weight excluding hydrogens is 312 g/mol. The van der Waals surface area contributed by atoms with Gasteiger partial charge in [0.1, 0.15) is 0 Å². The maximum atomic E-state index is 2.58. The fraction of sp³-hybridized carbons (Fsp3) is 0.846. The van der Waals surface area contributed by atoms with E-state index in [1.54, 1.807) is 0 Å².